The number of aliphatic hydroxyl groups is 1. The molecule has 0 saturated carbocycles. The smallest absolute Gasteiger partial charge is 0.282 e. The van der Waals surface area contributed by atoms with Gasteiger partial charge in [-0.25, -0.2) is 0 Å². The molecule has 0 saturated heterocycles. The maximum absolute atomic E-state index is 12.2. The van der Waals surface area contributed by atoms with Crippen LogP contribution < -0.4 is 0 Å². The number of likely N-dealkylation sites (N-methyl/N-ethyl adjacent to an activating group) is 1. The van der Waals surface area contributed by atoms with Crippen molar-refractivity contribution in [2.45, 2.75) is 39.7 Å². The van der Waals surface area contributed by atoms with Crippen LogP contribution in [-0.2, 0) is 10.2 Å². The lowest BCUT2D eigenvalue weighted by molar-refractivity contribution is 0.205. The predicted octanol–water partition coefficient (Wildman–Crippen LogP) is 0.666. The van der Waals surface area contributed by atoms with E-state index in [4.69, 9.17) is 5.11 Å². The summed E-state index contributed by atoms with van der Waals surface area (Å²) >= 11 is 0. The van der Waals surface area contributed by atoms with Gasteiger partial charge in [-0.1, -0.05) is 13.8 Å². The van der Waals surface area contributed by atoms with E-state index in [9.17, 15) is 8.42 Å². The molecule has 0 heterocycles. The molecule has 5 nitrogen and oxygen atoms in total. The predicted molar refractivity (Wildman–Crippen MR) is 65.4 cm³/mol. The molecular weight excluding hydrogens is 228 g/mol. The highest BCUT2D eigenvalue weighted by atomic mass is 32.2. The van der Waals surface area contributed by atoms with E-state index in [1.54, 1.807) is 6.92 Å². The molecule has 0 spiro atoms. The second-order valence-electron chi connectivity index (χ2n) is 3.95. The van der Waals surface area contributed by atoms with E-state index in [2.05, 4.69) is 0 Å². The summed E-state index contributed by atoms with van der Waals surface area (Å²) in [5, 5.41) is 8.99. The van der Waals surface area contributed by atoms with Crippen molar-refractivity contribution in [2.24, 2.45) is 0 Å². The number of rotatable bonds is 8. The zero-order valence-electron chi connectivity index (χ0n) is 10.7. The van der Waals surface area contributed by atoms with E-state index >= 15 is 0 Å². The van der Waals surface area contributed by atoms with E-state index in [0.29, 0.717) is 13.1 Å². The minimum absolute atomic E-state index is 0.165. The molecule has 1 unspecified atom stereocenters. The molecular formula is C10H24N2O3S. The number of hydrogen-bond donors (Lipinski definition) is 1. The lowest BCUT2D eigenvalue weighted by Gasteiger charge is -2.29. The van der Waals surface area contributed by atoms with E-state index in [-0.39, 0.29) is 12.6 Å². The Morgan fingerprint density at radius 1 is 1.19 bits per heavy atom. The zero-order valence-corrected chi connectivity index (χ0v) is 11.5. The van der Waals surface area contributed by atoms with Crippen LogP contribution in [0.2, 0.25) is 0 Å². The van der Waals surface area contributed by atoms with Gasteiger partial charge in [0.1, 0.15) is 0 Å². The summed E-state index contributed by atoms with van der Waals surface area (Å²) in [6.45, 7) is 6.48. The van der Waals surface area contributed by atoms with Crippen molar-refractivity contribution in [2.75, 3.05) is 26.7 Å². The average molecular weight is 252 g/mol. The van der Waals surface area contributed by atoms with Crippen LogP contribution in [0.15, 0.2) is 0 Å². The minimum Gasteiger partial charge on any atom is -0.395 e. The van der Waals surface area contributed by atoms with Gasteiger partial charge in [0, 0.05) is 26.2 Å². The molecule has 0 aliphatic rings. The van der Waals surface area contributed by atoms with E-state index in [1.807, 2.05) is 13.8 Å². The SMILES string of the molecule is CCCN(CCC)S(=O)(=O)N(C)C(C)CO. The van der Waals surface area contributed by atoms with Crippen molar-refractivity contribution in [3.05, 3.63) is 0 Å². The van der Waals surface area contributed by atoms with Crippen LogP contribution in [0.4, 0.5) is 0 Å². The molecule has 16 heavy (non-hydrogen) atoms. The van der Waals surface area contributed by atoms with Crippen molar-refractivity contribution in [1.82, 2.24) is 8.61 Å². The Kier molecular flexibility index (Phi) is 7.14. The van der Waals surface area contributed by atoms with Gasteiger partial charge in [-0.15, -0.1) is 0 Å². The van der Waals surface area contributed by atoms with Gasteiger partial charge in [0.2, 0.25) is 0 Å². The van der Waals surface area contributed by atoms with E-state index in [0.717, 1.165) is 12.8 Å². The van der Waals surface area contributed by atoms with Gasteiger partial charge in [-0.2, -0.15) is 17.0 Å². The second kappa shape index (κ2) is 7.21. The Balaban J connectivity index is 4.83. The fraction of sp³-hybridized carbons (Fsp3) is 1.00. The Morgan fingerprint density at radius 2 is 1.62 bits per heavy atom. The highest BCUT2D eigenvalue weighted by Crippen LogP contribution is 2.11. The first-order chi connectivity index (χ1) is 7.41. The number of hydrogen-bond acceptors (Lipinski definition) is 3. The molecule has 0 aromatic rings. The zero-order chi connectivity index (χ0) is 12.8. The van der Waals surface area contributed by atoms with Gasteiger partial charge in [-0.05, 0) is 19.8 Å². The molecule has 0 aromatic carbocycles. The van der Waals surface area contributed by atoms with Gasteiger partial charge in [0.05, 0.1) is 6.61 Å². The number of nitrogens with zero attached hydrogens (tertiary/aromatic N) is 2. The van der Waals surface area contributed by atoms with Crippen LogP contribution in [0, 0.1) is 0 Å². The van der Waals surface area contributed by atoms with Crippen LogP contribution in [0.25, 0.3) is 0 Å². The molecule has 1 N–H and O–H groups in total. The summed E-state index contributed by atoms with van der Waals surface area (Å²) in [7, 11) is -1.92. The van der Waals surface area contributed by atoms with Crippen molar-refractivity contribution in [3.8, 4) is 0 Å². The van der Waals surface area contributed by atoms with Gasteiger partial charge >= 0.3 is 0 Å². The van der Waals surface area contributed by atoms with Crippen molar-refractivity contribution >= 4 is 10.2 Å². The standard InChI is InChI=1S/C10H24N2O3S/c1-5-7-12(8-6-2)16(14,15)11(4)10(3)9-13/h10,13H,5-9H2,1-4H3. The second-order valence-corrected chi connectivity index (χ2v) is 5.94. The minimum atomic E-state index is -3.43. The molecule has 0 bridgehead atoms. The molecule has 0 radical (unpaired) electrons. The average Bonchev–Trinajstić information content (AvgIpc) is 2.26. The summed E-state index contributed by atoms with van der Waals surface area (Å²) in [5.74, 6) is 0. The summed E-state index contributed by atoms with van der Waals surface area (Å²) in [6, 6.07) is -0.388. The Morgan fingerprint density at radius 3 is 1.94 bits per heavy atom. The summed E-state index contributed by atoms with van der Waals surface area (Å²) in [4.78, 5) is 0. The third-order valence-electron chi connectivity index (χ3n) is 2.52. The van der Waals surface area contributed by atoms with Crippen LogP contribution in [-0.4, -0.2) is 54.9 Å². The monoisotopic (exact) mass is 252 g/mol. The first-order valence-corrected chi connectivity index (χ1v) is 7.15. The molecule has 0 aliphatic carbocycles. The van der Waals surface area contributed by atoms with Gasteiger partial charge in [0.15, 0.2) is 0 Å². The highest BCUT2D eigenvalue weighted by Gasteiger charge is 2.28. The molecule has 0 aromatic heterocycles. The van der Waals surface area contributed by atoms with Crippen LogP contribution in [0.1, 0.15) is 33.6 Å². The maximum Gasteiger partial charge on any atom is 0.282 e. The topological polar surface area (TPSA) is 60.9 Å². The van der Waals surface area contributed by atoms with Crippen LogP contribution in [0.3, 0.4) is 0 Å². The summed E-state index contributed by atoms with van der Waals surface area (Å²) in [5.41, 5.74) is 0. The molecule has 0 fully saturated rings. The normalized spacial score (nSPS) is 14.7. The van der Waals surface area contributed by atoms with Gasteiger partial charge in [0.25, 0.3) is 10.2 Å². The van der Waals surface area contributed by atoms with Crippen molar-refractivity contribution in [3.63, 3.8) is 0 Å². The fourth-order valence-electron chi connectivity index (χ4n) is 1.37. The largest absolute Gasteiger partial charge is 0.395 e. The maximum atomic E-state index is 12.2. The Bertz CT molecular complexity index is 274. The molecule has 1 atom stereocenters. The van der Waals surface area contributed by atoms with Crippen molar-refractivity contribution < 1.29 is 13.5 Å². The van der Waals surface area contributed by atoms with Gasteiger partial charge < -0.3 is 5.11 Å². The molecule has 98 valence electrons. The Hall–Kier alpha value is -0.170. The summed E-state index contributed by atoms with van der Waals surface area (Å²) < 4.78 is 27.0. The molecule has 0 rings (SSSR count). The first-order valence-electron chi connectivity index (χ1n) is 5.75. The van der Waals surface area contributed by atoms with E-state index in [1.165, 1.54) is 15.7 Å². The molecule has 0 amide bonds. The fourth-order valence-corrected chi connectivity index (χ4v) is 3.08. The lowest BCUT2D eigenvalue weighted by Crippen LogP contribution is -2.47. The van der Waals surface area contributed by atoms with Gasteiger partial charge in [-0.3, -0.25) is 0 Å². The third kappa shape index (κ3) is 4.01. The third-order valence-corrected chi connectivity index (χ3v) is 4.63. The van der Waals surface area contributed by atoms with Crippen LogP contribution in [0.5, 0.6) is 0 Å². The highest BCUT2D eigenvalue weighted by molar-refractivity contribution is 7.86. The quantitative estimate of drug-likeness (QED) is 0.690. The van der Waals surface area contributed by atoms with Crippen LogP contribution >= 0.6 is 0 Å². The molecule has 0 aliphatic heterocycles. The van der Waals surface area contributed by atoms with Crippen molar-refractivity contribution in [1.29, 1.82) is 0 Å². The number of aliphatic hydroxyl groups excluding tert-OH is 1. The Labute approximate surface area is 99.2 Å². The molecule has 6 heteroatoms. The lowest BCUT2D eigenvalue weighted by atomic mass is 10.4. The van der Waals surface area contributed by atoms with E-state index < -0.39 is 10.2 Å². The first kappa shape index (κ1) is 15.8. The summed E-state index contributed by atoms with van der Waals surface area (Å²) in [6.07, 6.45) is 1.58.